The normalized spacial score (nSPS) is 13.5. The SMILES string of the molecule is Cc1ccc(Cl)cc1-n1c(SCc2nc(C(=O)N3CCN(c4ccccc4Cl)CC3)cs2)nnc1-c1ccccc1Cl. The lowest BCUT2D eigenvalue weighted by Gasteiger charge is -2.36. The smallest absolute Gasteiger partial charge is 0.273 e. The first-order valence-corrected chi connectivity index (χ1v) is 16.2. The van der Waals surface area contributed by atoms with Crippen LogP contribution >= 0.6 is 57.9 Å². The van der Waals surface area contributed by atoms with E-state index in [1.165, 1.54) is 23.1 Å². The van der Waals surface area contributed by atoms with Crippen molar-refractivity contribution in [2.75, 3.05) is 31.1 Å². The Hall–Kier alpha value is -3.08. The van der Waals surface area contributed by atoms with Crippen molar-refractivity contribution in [3.63, 3.8) is 0 Å². The van der Waals surface area contributed by atoms with Crippen molar-refractivity contribution >= 4 is 69.5 Å². The summed E-state index contributed by atoms with van der Waals surface area (Å²) in [6.07, 6.45) is 0. The first-order chi connectivity index (χ1) is 20.4. The molecule has 12 heteroatoms. The molecular formula is C30H25Cl3N6OS2. The average molecular weight is 656 g/mol. The molecule has 1 saturated heterocycles. The summed E-state index contributed by atoms with van der Waals surface area (Å²) in [4.78, 5) is 22.0. The van der Waals surface area contributed by atoms with Gasteiger partial charge in [0.2, 0.25) is 0 Å². The summed E-state index contributed by atoms with van der Waals surface area (Å²) < 4.78 is 1.98. The van der Waals surface area contributed by atoms with Gasteiger partial charge in [-0.2, -0.15) is 0 Å². The van der Waals surface area contributed by atoms with E-state index in [1.807, 2.05) is 88.5 Å². The first-order valence-electron chi connectivity index (χ1n) is 13.2. The number of hydrogen-bond acceptors (Lipinski definition) is 7. The summed E-state index contributed by atoms with van der Waals surface area (Å²) in [5, 5.41) is 14.3. The van der Waals surface area contributed by atoms with Gasteiger partial charge in [-0.3, -0.25) is 9.36 Å². The Balaban J connectivity index is 1.18. The maximum Gasteiger partial charge on any atom is 0.273 e. The van der Waals surface area contributed by atoms with Gasteiger partial charge < -0.3 is 9.80 Å². The second-order valence-electron chi connectivity index (χ2n) is 9.70. The molecule has 2 aromatic heterocycles. The van der Waals surface area contributed by atoms with Gasteiger partial charge in [-0.25, -0.2) is 4.98 Å². The van der Waals surface area contributed by atoms with Gasteiger partial charge in [0.15, 0.2) is 11.0 Å². The molecule has 3 heterocycles. The third-order valence-corrected chi connectivity index (χ3v) is 9.87. The fourth-order valence-corrected chi connectivity index (χ4v) is 7.22. The maximum atomic E-state index is 13.3. The Morgan fingerprint density at radius 3 is 2.40 bits per heavy atom. The average Bonchev–Trinajstić information content (AvgIpc) is 3.65. The number of aryl methyl sites for hydroxylation is 1. The molecule has 0 N–H and O–H groups in total. The maximum absolute atomic E-state index is 13.3. The van der Waals surface area contributed by atoms with Gasteiger partial charge >= 0.3 is 0 Å². The van der Waals surface area contributed by atoms with E-state index in [-0.39, 0.29) is 5.91 Å². The minimum Gasteiger partial charge on any atom is -0.367 e. The second kappa shape index (κ2) is 12.7. The zero-order chi connectivity index (χ0) is 29.2. The molecule has 0 spiro atoms. The number of anilines is 1. The molecule has 5 aromatic rings. The molecule has 42 heavy (non-hydrogen) atoms. The second-order valence-corrected chi connectivity index (χ2v) is 12.8. The highest BCUT2D eigenvalue weighted by Gasteiger charge is 2.25. The van der Waals surface area contributed by atoms with Crippen LogP contribution in [0.5, 0.6) is 0 Å². The zero-order valence-corrected chi connectivity index (χ0v) is 26.4. The van der Waals surface area contributed by atoms with Gasteiger partial charge in [-0.05, 0) is 48.9 Å². The summed E-state index contributed by atoms with van der Waals surface area (Å²) in [7, 11) is 0. The van der Waals surface area contributed by atoms with Gasteiger partial charge in [0.1, 0.15) is 10.7 Å². The lowest BCUT2D eigenvalue weighted by atomic mass is 10.1. The highest BCUT2D eigenvalue weighted by Crippen LogP contribution is 2.35. The van der Waals surface area contributed by atoms with Crippen molar-refractivity contribution in [2.45, 2.75) is 17.8 Å². The molecule has 1 amide bonds. The molecule has 6 rings (SSSR count). The molecule has 0 saturated carbocycles. The van der Waals surface area contributed by atoms with E-state index in [4.69, 9.17) is 34.8 Å². The molecule has 0 radical (unpaired) electrons. The number of thioether (sulfide) groups is 1. The van der Waals surface area contributed by atoms with Crippen LogP contribution < -0.4 is 4.90 Å². The number of thiazole rings is 1. The number of aromatic nitrogens is 4. The molecule has 0 bridgehead atoms. The lowest BCUT2D eigenvalue weighted by Crippen LogP contribution is -2.49. The molecule has 1 aliphatic rings. The Labute approximate surface area is 267 Å². The number of para-hydroxylation sites is 1. The van der Waals surface area contributed by atoms with Gasteiger partial charge in [-0.15, -0.1) is 21.5 Å². The monoisotopic (exact) mass is 654 g/mol. The van der Waals surface area contributed by atoms with Crippen molar-refractivity contribution < 1.29 is 4.79 Å². The number of hydrogen-bond donors (Lipinski definition) is 0. The van der Waals surface area contributed by atoms with Crippen LogP contribution in [0.3, 0.4) is 0 Å². The van der Waals surface area contributed by atoms with Gasteiger partial charge in [0.05, 0.1) is 27.2 Å². The van der Waals surface area contributed by atoms with Crippen LogP contribution in [0.2, 0.25) is 15.1 Å². The van der Waals surface area contributed by atoms with E-state index in [2.05, 4.69) is 20.1 Å². The first kappa shape index (κ1) is 29.0. The number of carbonyl (C=O) groups excluding carboxylic acids is 1. The molecule has 0 aliphatic carbocycles. The van der Waals surface area contributed by atoms with E-state index in [1.54, 1.807) is 0 Å². The number of rotatable bonds is 7. The predicted molar refractivity (Wildman–Crippen MR) is 173 cm³/mol. The van der Waals surface area contributed by atoms with Crippen LogP contribution in [-0.2, 0) is 5.75 Å². The van der Waals surface area contributed by atoms with Crippen LogP contribution in [-0.4, -0.2) is 56.7 Å². The minimum atomic E-state index is -0.0555. The standard InChI is InChI=1S/C30H25Cl3N6OS2/c1-19-10-11-20(31)16-26(19)39-28(21-6-2-3-7-22(21)32)35-36-30(39)42-18-27-34-24(17-41-27)29(40)38-14-12-37(13-15-38)25-9-5-4-8-23(25)33/h2-11,16-17H,12-15,18H2,1H3. The van der Waals surface area contributed by atoms with Crippen LogP contribution in [0.4, 0.5) is 5.69 Å². The number of piperazine rings is 1. The fraction of sp³-hybridized carbons (Fsp3) is 0.200. The molecule has 1 aliphatic heterocycles. The summed E-state index contributed by atoms with van der Waals surface area (Å²) in [6, 6.07) is 21.1. The van der Waals surface area contributed by atoms with Gasteiger partial charge in [0.25, 0.3) is 5.91 Å². The summed E-state index contributed by atoms with van der Waals surface area (Å²) in [5.74, 6) is 1.10. The van der Waals surface area contributed by atoms with Crippen LogP contribution in [0, 0.1) is 6.92 Å². The third-order valence-electron chi connectivity index (χ3n) is 7.02. The van der Waals surface area contributed by atoms with E-state index in [0.717, 1.165) is 32.5 Å². The Morgan fingerprint density at radius 1 is 0.905 bits per heavy atom. The van der Waals surface area contributed by atoms with Crippen molar-refractivity contribution in [3.05, 3.63) is 103 Å². The fourth-order valence-electron chi connectivity index (χ4n) is 4.84. The number of halogens is 3. The van der Waals surface area contributed by atoms with Crippen molar-refractivity contribution in [3.8, 4) is 17.1 Å². The van der Waals surface area contributed by atoms with Gasteiger partial charge in [-0.1, -0.05) is 76.9 Å². The molecule has 214 valence electrons. The summed E-state index contributed by atoms with van der Waals surface area (Å²) >= 11 is 22.3. The summed E-state index contributed by atoms with van der Waals surface area (Å²) in [5.41, 5.74) is 4.13. The number of benzene rings is 3. The number of amides is 1. The van der Waals surface area contributed by atoms with Crippen molar-refractivity contribution in [1.29, 1.82) is 0 Å². The number of carbonyl (C=O) groups is 1. The third kappa shape index (κ3) is 6.02. The quantitative estimate of drug-likeness (QED) is 0.166. The molecule has 1 fully saturated rings. The van der Waals surface area contributed by atoms with E-state index in [9.17, 15) is 4.79 Å². The minimum absolute atomic E-state index is 0.0555. The summed E-state index contributed by atoms with van der Waals surface area (Å²) in [6.45, 7) is 4.67. The highest BCUT2D eigenvalue weighted by molar-refractivity contribution is 7.98. The Kier molecular flexibility index (Phi) is 8.74. The zero-order valence-electron chi connectivity index (χ0n) is 22.5. The predicted octanol–water partition coefficient (Wildman–Crippen LogP) is 7.91. The van der Waals surface area contributed by atoms with Crippen molar-refractivity contribution in [1.82, 2.24) is 24.6 Å². The molecule has 7 nitrogen and oxygen atoms in total. The topological polar surface area (TPSA) is 67.2 Å². The molecular weight excluding hydrogens is 631 g/mol. The Bertz CT molecular complexity index is 1750. The van der Waals surface area contributed by atoms with E-state index in [0.29, 0.717) is 58.7 Å². The van der Waals surface area contributed by atoms with Crippen LogP contribution in [0.15, 0.2) is 77.3 Å². The van der Waals surface area contributed by atoms with Gasteiger partial charge in [0, 0.05) is 42.1 Å². The Morgan fingerprint density at radius 2 is 1.64 bits per heavy atom. The van der Waals surface area contributed by atoms with Crippen LogP contribution in [0.1, 0.15) is 21.1 Å². The molecule has 0 atom stereocenters. The largest absolute Gasteiger partial charge is 0.367 e. The van der Waals surface area contributed by atoms with E-state index >= 15 is 0 Å². The molecule has 0 unspecified atom stereocenters. The van der Waals surface area contributed by atoms with Crippen LogP contribution in [0.25, 0.3) is 17.1 Å². The molecule has 3 aromatic carbocycles. The number of nitrogens with zero attached hydrogens (tertiary/aromatic N) is 6. The lowest BCUT2D eigenvalue weighted by molar-refractivity contribution is 0.0741. The highest BCUT2D eigenvalue weighted by atomic mass is 35.5. The van der Waals surface area contributed by atoms with E-state index < -0.39 is 0 Å². The van der Waals surface area contributed by atoms with Crippen molar-refractivity contribution in [2.24, 2.45) is 0 Å².